The summed E-state index contributed by atoms with van der Waals surface area (Å²) in [5.74, 6) is 1.66. The molecular formula is C23H29N5O4. The summed E-state index contributed by atoms with van der Waals surface area (Å²) in [6, 6.07) is 7.81. The Morgan fingerprint density at radius 1 is 1.09 bits per heavy atom. The number of amides is 2. The van der Waals surface area contributed by atoms with E-state index in [1.807, 2.05) is 24.3 Å². The number of hydrogen-bond donors (Lipinski definition) is 2. The van der Waals surface area contributed by atoms with E-state index >= 15 is 0 Å². The molecule has 0 radical (unpaired) electrons. The van der Waals surface area contributed by atoms with E-state index in [9.17, 15) is 4.79 Å². The van der Waals surface area contributed by atoms with Crippen LogP contribution in [0.2, 0.25) is 0 Å². The van der Waals surface area contributed by atoms with Gasteiger partial charge in [-0.3, -0.25) is 0 Å². The minimum Gasteiger partial charge on any atom is -0.377 e. The molecule has 9 nitrogen and oxygen atoms in total. The van der Waals surface area contributed by atoms with E-state index in [0.29, 0.717) is 51.5 Å². The minimum atomic E-state index is -0.226. The van der Waals surface area contributed by atoms with Crippen LogP contribution in [0.4, 0.5) is 16.3 Å². The summed E-state index contributed by atoms with van der Waals surface area (Å²) in [4.78, 5) is 24.3. The maximum Gasteiger partial charge on any atom is 0.319 e. The number of fused-ring (bicyclic) bond motifs is 1. The smallest absolute Gasteiger partial charge is 0.319 e. The highest BCUT2D eigenvalue weighted by Crippen LogP contribution is 2.31. The Labute approximate surface area is 187 Å². The van der Waals surface area contributed by atoms with Gasteiger partial charge in [0.05, 0.1) is 57.4 Å². The van der Waals surface area contributed by atoms with Gasteiger partial charge in [-0.2, -0.15) is 0 Å². The molecule has 2 aromatic rings. The van der Waals surface area contributed by atoms with Crippen LogP contribution in [0, 0.1) is 0 Å². The summed E-state index contributed by atoms with van der Waals surface area (Å²) in [5, 5.41) is 5.73. The Bertz CT molecular complexity index is 964. The Morgan fingerprint density at radius 2 is 1.94 bits per heavy atom. The lowest BCUT2D eigenvalue weighted by Gasteiger charge is -2.38. The Hall–Kier alpha value is -2.75. The Balaban J connectivity index is 1.40. The van der Waals surface area contributed by atoms with Crippen molar-refractivity contribution in [1.29, 1.82) is 0 Å². The van der Waals surface area contributed by atoms with Crippen molar-refractivity contribution in [2.75, 3.05) is 49.8 Å². The van der Waals surface area contributed by atoms with Crippen LogP contribution in [0.3, 0.4) is 0 Å². The predicted octanol–water partition coefficient (Wildman–Crippen LogP) is 2.35. The number of carbonyl (C=O) groups is 1. The normalized spacial score (nSPS) is 20.9. The first-order chi connectivity index (χ1) is 15.7. The molecular weight excluding hydrogens is 410 g/mol. The molecule has 32 heavy (non-hydrogen) atoms. The highest BCUT2D eigenvalue weighted by molar-refractivity contribution is 5.89. The molecule has 0 unspecified atom stereocenters. The molecule has 9 heteroatoms. The van der Waals surface area contributed by atoms with Crippen molar-refractivity contribution in [3.63, 3.8) is 0 Å². The molecule has 1 atom stereocenters. The van der Waals surface area contributed by atoms with Crippen molar-refractivity contribution < 1.29 is 19.0 Å². The number of hydrogen-bond acceptors (Lipinski definition) is 7. The van der Waals surface area contributed by atoms with Gasteiger partial charge < -0.3 is 29.7 Å². The SMILES string of the molecule is CC[C@H]1COCCN1c1nc(-c2ccc(NC(=O)NC3COC3)cc2)nc2c1COCC2. The number of nitrogens with zero attached hydrogens (tertiary/aromatic N) is 3. The maximum absolute atomic E-state index is 12.1. The number of rotatable bonds is 5. The highest BCUT2D eigenvalue weighted by Gasteiger charge is 2.28. The van der Waals surface area contributed by atoms with Crippen molar-refractivity contribution in [3.05, 3.63) is 35.5 Å². The first kappa shape index (κ1) is 21.1. The van der Waals surface area contributed by atoms with E-state index in [-0.39, 0.29) is 12.1 Å². The quantitative estimate of drug-likeness (QED) is 0.738. The van der Waals surface area contributed by atoms with Gasteiger partial charge >= 0.3 is 6.03 Å². The van der Waals surface area contributed by atoms with Crippen LogP contribution in [-0.4, -0.2) is 67.7 Å². The van der Waals surface area contributed by atoms with E-state index < -0.39 is 0 Å². The third kappa shape index (κ3) is 4.41. The first-order valence-corrected chi connectivity index (χ1v) is 11.3. The number of ether oxygens (including phenoxy) is 3. The third-order valence-corrected chi connectivity index (χ3v) is 6.15. The van der Waals surface area contributed by atoms with Crippen molar-refractivity contribution in [3.8, 4) is 11.4 Å². The molecule has 2 fully saturated rings. The van der Waals surface area contributed by atoms with Gasteiger partial charge in [-0.15, -0.1) is 0 Å². The molecule has 0 aliphatic carbocycles. The molecule has 0 spiro atoms. The number of carbonyl (C=O) groups excluding carboxylic acids is 1. The Kier molecular flexibility index (Phi) is 6.20. The maximum atomic E-state index is 12.1. The minimum absolute atomic E-state index is 0.0905. The fourth-order valence-corrected chi connectivity index (χ4v) is 4.23. The average molecular weight is 440 g/mol. The summed E-state index contributed by atoms with van der Waals surface area (Å²) < 4.78 is 16.5. The van der Waals surface area contributed by atoms with Crippen molar-refractivity contribution in [1.82, 2.24) is 15.3 Å². The predicted molar refractivity (Wildman–Crippen MR) is 120 cm³/mol. The summed E-state index contributed by atoms with van der Waals surface area (Å²) >= 11 is 0. The van der Waals surface area contributed by atoms with Crippen molar-refractivity contribution in [2.24, 2.45) is 0 Å². The second-order valence-corrected chi connectivity index (χ2v) is 8.34. The van der Waals surface area contributed by atoms with Gasteiger partial charge in [0.1, 0.15) is 5.82 Å². The fraction of sp³-hybridized carbons (Fsp3) is 0.522. The van der Waals surface area contributed by atoms with Crippen molar-refractivity contribution in [2.45, 2.75) is 38.5 Å². The average Bonchev–Trinajstić information content (AvgIpc) is 2.81. The van der Waals surface area contributed by atoms with Gasteiger partial charge in [-0.05, 0) is 30.7 Å². The van der Waals surface area contributed by atoms with E-state index in [4.69, 9.17) is 24.2 Å². The summed E-state index contributed by atoms with van der Waals surface area (Å²) in [6.45, 7) is 6.75. The monoisotopic (exact) mass is 439 g/mol. The van der Waals surface area contributed by atoms with Gasteiger partial charge in [0.2, 0.25) is 0 Å². The van der Waals surface area contributed by atoms with Gasteiger partial charge in [-0.25, -0.2) is 14.8 Å². The van der Waals surface area contributed by atoms with E-state index in [0.717, 1.165) is 47.7 Å². The molecule has 170 valence electrons. The molecule has 5 rings (SSSR count). The zero-order chi connectivity index (χ0) is 21.9. The topological polar surface area (TPSA) is 97.8 Å². The molecule has 3 aliphatic rings. The molecule has 1 aromatic heterocycles. The second-order valence-electron chi connectivity index (χ2n) is 8.34. The molecule has 2 saturated heterocycles. The van der Waals surface area contributed by atoms with Gasteiger partial charge in [-0.1, -0.05) is 6.92 Å². The standard InChI is InChI=1S/C23H29N5O4/c1-2-18-13-31-10-8-28(18)22-19-14-30-9-7-20(19)26-21(27-22)15-3-5-16(6-4-15)24-23(29)25-17-11-32-12-17/h3-6,17-18H,2,7-14H2,1H3,(H2,24,25,29)/t18-/m0/s1. The largest absolute Gasteiger partial charge is 0.377 e. The number of benzene rings is 1. The van der Waals surface area contributed by atoms with Crippen LogP contribution in [0.1, 0.15) is 24.6 Å². The zero-order valence-electron chi connectivity index (χ0n) is 18.3. The number of aromatic nitrogens is 2. The van der Waals surface area contributed by atoms with Crippen LogP contribution < -0.4 is 15.5 Å². The Morgan fingerprint density at radius 3 is 2.69 bits per heavy atom. The lowest BCUT2D eigenvalue weighted by atomic mass is 10.1. The molecule has 0 bridgehead atoms. The van der Waals surface area contributed by atoms with Gasteiger partial charge in [0.15, 0.2) is 5.82 Å². The molecule has 4 heterocycles. The lowest BCUT2D eigenvalue weighted by molar-refractivity contribution is 0.000735. The van der Waals surface area contributed by atoms with Crippen LogP contribution in [0.5, 0.6) is 0 Å². The van der Waals surface area contributed by atoms with Crippen LogP contribution >= 0.6 is 0 Å². The van der Waals surface area contributed by atoms with Crippen LogP contribution in [0.15, 0.2) is 24.3 Å². The molecule has 0 saturated carbocycles. The number of morpholine rings is 1. The van der Waals surface area contributed by atoms with E-state index in [1.165, 1.54) is 0 Å². The second kappa shape index (κ2) is 9.40. The molecule has 1 aromatic carbocycles. The summed E-state index contributed by atoms with van der Waals surface area (Å²) in [7, 11) is 0. The van der Waals surface area contributed by atoms with Crippen LogP contribution in [-0.2, 0) is 27.2 Å². The van der Waals surface area contributed by atoms with Crippen LogP contribution in [0.25, 0.3) is 11.4 Å². The summed E-state index contributed by atoms with van der Waals surface area (Å²) in [5.41, 5.74) is 3.79. The van der Waals surface area contributed by atoms with E-state index in [2.05, 4.69) is 22.5 Å². The molecule has 2 amide bonds. The lowest BCUT2D eigenvalue weighted by Crippen LogP contribution is -2.49. The molecule has 2 N–H and O–H groups in total. The third-order valence-electron chi connectivity index (χ3n) is 6.15. The van der Waals surface area contributed by atoms with E-state index in [1.54, 1.807) is 0 Å². The number of urea groups is 1. The summed E-state index contributed by atoms with van der Waals surface area (Å²) in [6.07, 6.45) is 1.77. The zero-order valence-corrected chi connectivity index (χ0v) is 18.3. The molecule has 3 aliphatic heterocycles. The highest BCUT2D eigenvalue weighted by atomic mass is 16.5. The van der Waals surface area contributed by atoms with Gasteiger partial charge in [0, 0.05) is 29.8 Å². The fourth-order valence-electron chi connectivity index (χ4n) is 4.23. The number of nitrogens with one attached hydrogen (secondary N) is 2. The first-order valence-electron chi connectivity index (χ1n) is 11.3. The van der Waals surface area contributed by atoms with Crippen molar-refractivity contribution >= 4 is 17.5 Å². The number of anilines is 2. The van der Waals surface area contributed by atoms with Gasteiger partial charge in [0.25, 0.3) is 0 Å².